The Morgan fingerprint density at radius 1 is 1.64 bits per heavy atom. The molecular formula is C8H15NO2. The Hall–Kier alpha value is -0.830. The molecule has 0 atom stereocenters. The van der Waals surface area contributed by atoms with E-state index in [4.69, 9.17) is 4.84 Å². The van der Waals surface area contributed by atoms with E-state index in [9.17, 15) is 4.79 Å². The lowest BCUT2D eigenvalue weighted by Crippen LogP contribution is -2.26. The van der Waals surface area contributed by atoms with Gasteiger partial charge in [0, 0.05) is 12.6 Å². The van der Waals surface area contributed by atoms with Crippen LogP contribution >= 0.6 is 0 Å². The van der Waals surface area contributed by atoms with E-state index in [0.717, 1.165) is 12.8 Å². The number of nitrogens with zero attached hydrogens (tertiary/aromatic N) is 1. The lowest BCUT2D eigenvalue weighted by Gasteiger charge is -2.14. The topological polar surface area (TPSA) is 29.5 Å². The van der Waals surface area contributed by atoms with Crippen LogP contribution in [-0.2, 0) is 9.63 Å². The zero-order valence-corrected chi connectivity index (χ0v) is 7.39. The highest BCUT2D eigenvalue weighted by atomic mass is 16.7. The summed E-state index contributed by atoms with van der Waals surface area (Å²) in [6, 6.07) is 0. The molecule has 0 aliphatic carbocycles. The smallest absolute Gasteiger partial charge is 0.272 e. The molecule has 0 aliphatic heterocycles. The molecule has 0 bridgehead atoms. The molecule has 0 unspecified atom stereocenters. The Balaban J connectivity index is 3.92. The van der Waals surface area contributed by atoms with Gasteiger partial charge in [0.2, 0.25) is 0 Å². The standard InChI is InChI=1S/C8H15NO2/c1-5-6-7(2)8(10)9(3)11-4/h2,5-6H2,1,3-4H3. The fourth-order valence-electron chi connectivity index (χ4n) is 0.714. The van der Waals surface area contributed by atoms with Crippen molar-refractivity contribution in [2.75, 3.05) is 14.2 Å². The molecule has 0 N–H and O–H groups in total. The van der Waals surface area contributed by atoms with Gasteiger partial charge in [0.15, 0.2) is 0 Å². The van der Waals surface area contributed by atoms with Crippen LogP contribution in [0.15, 0.2) is 12.2 Å². The maximum absolute atomic E-state index is 11.2. The Morgan fingerprint density at radius 3 is 2.55 bits per heavy atom. The summed E-state index contributed by atoms with van der Waals surface area (Å²) < 4.78 is 0. The van der Waals surface area contributed by atoms with Gasteiger partial charge in [-0.25, -0.2) is 5.06 Å². The van der Waals surface area contributed by atoms with Crippen LogP contribution in [0.3, 0.4) is 0 Å². The monoisotopic (exact) mass is 157 g/mol. The molecule has 0 saturated heterocycles. The van der Waals surface area contributed by atoms with Crippen LogP contribution < -0.4 is 0 Å². The predicted molar refractivity (Wildman–Crippen MR) is 43.8 cm³/mol. The molecule has 11 heavy (non-hydrogen) atoms. The number of likely N-dealkylation sites (N-methyl/N-ethyl adjacent to an activating group) is 1. The predicted octanol–water partition coefficient (Wildman–Crippen LogP) is 1.36. The summed E-state index contributed by atoms with van der Waals surface area (Å²) >= 11 is 0. The largest absolute Gasteiger partial charge is 0.274 e. The summed E-state index contributed by atoms with van der Waals surface area (Å²) in [5.74, 6) is -0.144. The summed E-state index contributed by atoms with van der Waals surface area (Å²) in [4.78, 5) is 15.9. The zero-order chi connectivity index (χ0) is 8.85. The molecule has 0 fully saturated rings. The van der Waals surface area contributed by atoms with Crippen LogP contribution in [0.25, 0.3) is 0 Å². The average molecular weight is 157 g/mol. The summed E-state index contributed by atoms with van der Waals surface area (Å²) in [6.45, 7) is 5.65. The summed E-state index contributed by atoms with van der Waals surface area (Å²) in [7, 11) is 3.03. The zero-order valence-electron chi connectivity index (χ0n) is 7.39. The minimum absolute atomic E-state index is 0.144. The molecule has 64 valence electrons. The first-order chi connectivity index (χ1) is 5.13. The van der Waals surface area contributed by atoms with Gasteiger partial charge in [-0.1, -0.05) is 19.9 Å². The number of carbonyl (C=O) groups is 1. The van der Waals surface area contributed by atoms with Crippen LogP contribution in [0.1, 0.15) is 19.8 Å². The molecule has 1 amide bonds. The molecule has 0 spiro atoms. The highest BCUT2D eigenvalue weighted by Crippen LogP contribution is 2.04. The lowest BCUT2D eigenvalue weighted by atomic mass is 10.2. The van der Waals surface area contributed by atoms with Crippen molar-refractivity contribution >= 4 is 5.91 Å². The second kappa shape index (κ2) is 4.91. The summed E-state index contributed by atoms with van der Waals surface area (Å²) in [5.41, 5.74) is 0.594. The fourth-order valence-corrected chi connectivity index (χ4v) is 0.714. The first-order valence-electron chi connectivity index (χ1n) is 3.63. The Kier molecular flexibility index (Phi) is 4.54. The second-order valence-corrected chi connectivity index (χ2v) is 2.34. The highest BCUT2D eigenvalue weighted by molar-refractivity contribution is 5.91. The van der Waals surface area contributed by atoms with Gasteiger partial charge in [0.1, 0.15) is 0 Å². The fraction of sp³-hybridized carbons (Fsp3) is 0.625. The second-order valence-electron chi connectivity index (χ2n) is 2.34. The first kappa shape index (κ1) is 10.2. The quantitative estimate of drug-likeness (QED) is 0.455. The minimum Gasteiger partial charge on any atom is -0.274 e. The van der Waals surface area contributed by atoms with Crippen molar-refractivity contribution < 1.29 is 9.63 Å². The SMILES string of the molecule is C=C(CCC)C(=O)N(C)OC. The average Bonchev–Trinajstić information content (AvgIpc) is 2.02. The van der Waals surface area contributed by atoms with Crippen LogP contribution in [0.4, 0.5) is 0 Å². The molecule has 0 aromatic rings. The van der Waals surface area contributed by atoms with E-state index in [1.807, 2.05) is 6.92 Å². The maximum atomic E-state index is 11.2. The first-order valence-corrected chi connectivity index (χ1v) is 3.63. The normalized spacial score (nSPS) is 9.36. The van der Waals surface area contributed by atoms with E-state index in [2.05, 4.69) is 6.58 Å². The van der Waals surface area contributed by atoms with Gasteiger partial charge in [-0.05, 0) is 6.42 Å². The van der Waals surface area contributed by atoms with Crippen molar-refractivity contribution in [3.63, 3.8) is 0 Å². The highest BCUT2D eigenvalue weighted by Gasteiger charge is 2.10. The van der Waals surface area contributed by atoms with E-state index in [0.29, 0.717) is 5.57 Å². The van der Waals surface area contributed by atoms with Crippen LogP contribution in [0.2, 0.25) is 0 Å². The third kappa shape index (κ3) is 3.18. The maximum Gasteiger partial charge on any atom is 0.272 e. The number of hydrogen-bond acceptors (Lipinski definition) is 2. The molecule has 0 rings (SSSR count). The lowest BCUT2D eigenvalue weighted by molar-refractivity contribution is -0.164. The van der Waals surface area contributed by atoms with Crippen molar-refractivity contribution in [2.24, 2.45) is 0 Å². The van der Waals surface area contributed by atoms with Gasteiger partial charge in [0.05, 0.1) is 7.11 Å². The Labute approximate surface area is 67.6 Å². The van der Waals surface area contributed by atoms with Crippen LogP contribution in [-0.4, -0.2) is 25.1 Å². The molecule has 0 aromatic carbocycles. The van der Waals surface area contributed by atoms with E-state index < -0.39 is 0 Å². The Morgan fingerprint density at radius 2 is 2.18 bits per heavy atom. The number of hydroxylamine groups is 2. The van der Waals surface area contributed by atoms with Crippen molar-refractivity contribution in [2.45, 2.75) is 19.8 Å². The molecule has 0 aromatic heterocycles. The molecule has 3 nitrogen and oxygen atoms in total. The van der Waals surface area contributed by atoms with Gasteiger partial charge >= 0.3 is 0 Å². The number of hydrogen-bond donors (Lipinski definition) is 0. The number of carbonyl (C=O) groups excluding carboxylic acids is 1. The van der Waals surface area contributed by atoms with E-state index in [-0.39, 0.29) is 5.91 Å². The van der Waals surface area contributed by atoms with Gasteiger partial charge in [0.25, 0.3) is 5.91 Å². The summed E-state index contributed by atoms with van der Waals surface area (Å²) in [6.07, 6.45) is 1.66. The van der Waals surface area contributed by atoms with Gasteiger partial charge in [-0.3, -0.25) is 9.63 Å². The third-order valence-electron chi connectivity index (χ3n) is 1.41. The molecule has 3 heteroatoms. The number of rotatable bonds is 4. The van der Waals surface area contributed by atoms with Gasteiger partial charge in [-0.15, -0.1) is 0 Å². The molecule has 0 heterocycles. The Bertz CT molecular complexity index is 154. The van der Waals surface area contributed by atoms with Crippen molar-refractivity contribution in [3.05, 3.63) is 12.2 Å². The molecule has 0 radical (unpaired) electrons. The minimum atomic E-state index is -0.144. The van der Waals surface area contributed by atoms with E-state index >= 15 is 0 Å². The number of amides is 1. The van der Waals surface area contributed by atoms with E-state index in [1.165, 1.54) is 12.2 Å². The molecule has 0 aliphatic rings. The van der Waals surface area contributed by atoms with Crippen molar-refractivity contribution in [1.29, 1.82) is 0 Å². The summed E-state index contributed by atoms with van der Waals surface area (Å²) in [5, 5.41) is 1.18. The van der Waals surface area contributed by atoms with Crippen LogP contribution in [0.5, 0.6) is 0 Å². The third-order valence-corrected chi connectivity index (χ3v) is 1.41. The van der Waals surface area contributed by atoms with Gasteiger partial charge < -0.3 is 0 Å². The van der Waals surface area contributed by atoms with Gasteiger partial charge in [-0.2, -0.15) is 0 Å². The molecular weight excluding hydrogens is 142 g/mol. The molecule has 0 saturated carbocycles. The van der Waals surface area contributed by atoms with Crippen LogP contribution in [0, 0.1) is 0 Å². The van der Waals surface area contributed by atoms with E-state index in [1.54, 1.807) is 7.05 Å². The van der Waals surface area contributed by atoms with Crippen molar-refractivity contribution in [3.8, 4) is 0 Å². The van der Waals surface area contributed by atoms with Crippen molar-refractivity contribution in [1.82, 2.24) is 5.06 Å².